The average Bonchev–Trinajstić information content (AvgIpc) is 2.72. The Hall–Kier alpha value is -2.62. The fraction of sp³-hybridized carbons (Fsp3) is 0.462. The molecule has 4 nitrogen and oxygen atoms in total. The smallest absolute Gasteiger partial charge is 0.252 e. The first-order valence-electron chi connectivity index (χ1n) is 11.2. The zero-order chi connectivity index (χ0) is 20.9. The van der Waals surface area contributed by atoms with Crippen molar-refractivity contribution < 1.29 is 9.59 Å². The lowest BCUT2D eigenvalue weighted by Gasteiger charge is -2.56. The molecule has 0 saturated heterocycles. The second-order valence-corrected chi connectivity index (χ2v) is 9.97. The van der Waals surface area contributed by atoms with Crippen LogP contribution in [0, 0.1) is 17.8 Å². The Bertz CT molecular complexity index is 941. The molecule has 0 atom stereocenters. The number of amides is 1. The van der Waals surface area contributed by atoms with E-state index in [1.807, 2.05) is 55.4 Å². The molecule has 30 heavy (non-hydrogen) atoms. The van der Waals surface area contributed by atoms with E-state index in [0.717, 1.165) is 42.7 Å². The van der Waals surface area contributed by atoms with Crippen LogP contribution in [-0.4, -0.2) is 31.3 Å². The van der Waals surface area contributed by atoms with E-state index in [4.69, 9.17) is 0 Å². The predicted molar refractivity (Wildman–Crippen MR) is 119 cm³/mol. The van der Waals surface area contributed by atoms with Gasteiger partial charge in [0.25, 0.3) is 5.91 Å². The zero-order valence-corrected chi connectivity index (χ0v) is 17.9. The van der Waals surface area contributed by atoms with Crippen LogP contribution < -0.4 is 10.2 Å². The second-order valence-electron chi connectivity index (χ2n) is 9.97. The van der Waals surface area contributed by atoms with E-state index < -0.39 is 0 Å². The van der Waals surface area contributed by atoms with Crippen molar-refractivity contribution in [1.82, 2.24) is 5.32 Å². The largest absolute Gasteiger partial charge is 0.378 e. The van der Waals surface area contributed by atoms with E-state index in [1.54, 1.807) is 12.1 Å². The number of nitrogens with zero attached hydrogens (tertiary/aromatic N) is 1. The van der Waals surface area contributed by atoms with Gasteiger partial charge in [-0.1, -0.05) is 18.2 Å². The van der Waals surface area contributed by atoms with Gasteiger partial charge in [0.2, 0.25) is 0 Å². The Morgan fingerprint density at radius 1 is 0.833 bits per heavy atom. The van der Waals surface area contributed by atoms with Gasteiger partial charge in [-0.25, -0.2) is 0 Å². The lowest BCUT2D eigenvalue weighted by Crippen LogP contribution is -2.59. The van der Waals surface area contributed by atoms with Crippen LogP contribution >= 0.6 is 0 Å². The summed E-state index contributed by atoms with van der Waals surface area (Å²) >= 11 is 0. The van der Waals surface area contributed by atoms with Gasteiger partial charge in [-0.15, -0.1) is 0 Å². The summed E-state index contributed by atoms with van der Waals surface area (Å²) in [6, 6.07) is 14.8. The van der Waals surface area contributed by atoms with E-state index in [9.17, 15) is 9.59 Å². The fourth-order valence-corrected chi connectivity index (χ4v) is 6.52. The molecule has 1 N–H and O–H groups in total. The lowest BCUT2D eigenvalue weighted by molar-refractivity contribution is -0.0167. The highest BCUT2D eigenvalue weighted by molar-refractivity contribution is 6.15. The summed E-state index contributed by atoms with van der Waals surface area (Å²) in [5.41, 5.74) is 2.57. The summed E-state index contributed by atoms with van der Waals surface area (Å²) in [4.78, 5) is 28.6. The molecule has 0 unspecified atom stereocenters. The summed E-state index contributed by atoms with van der Waals surface area (Å²) in [5.74, 6) is 2.11. The van der Waals surface area contributed by atoms with Gasteiger partial charge in [0.15, 0.2) is 5.78 Å². The summed E-state index contributed by atoms with van der Waals surface area (Å²) in [6.07, 6.45) is 7.33. The fourth-order valence-electron chi connectivity index (χ4n) is 6.52. The predicted octanol–water partition coefficient (Wildman–Crippen LogP) is 4.68. The highest BCUT2D eigenvalue weighted by atomic mass is 16.2. The van der Waals surface area contributed by atoms with Crippen LogP contribution in [-0.2, 0) is 0 Å². The lowest BCUT2D eigenvalue weighted by atomic mass is 9.53. The molecular formula is C26H30N2O2. The summed E-state index contributed by atoms with van der Waals surface area (Å²) in [5, 5.41) is 3.41. The number of nitrogens with one attached hydrogen (secondary N) is 1. The van der Waals surface area contributed by atoms with Crippen molar-refractivity contribution in [2.24, 2.45) is 17.8 Å². The first-order valence-corrected chi connectivity index (χ1v) is 11.2. The third-order valence-electron chi connectivity index (χ3n) is 7.48. The van der Waals surface area contributed by atoms with Crippen molar-refractivity contribution >= 4 is 17.4 Å². The monoisotopic (exact) mass is 402 g/mol. The van der Waals surface area contributed by atoms with Crippen LogP contribution in [0.2, 0.25) is 0 Å². The highest BCUT2D eigenvalue weighted by Gasteiger charge is 2.51. The minimum atomic E-state index is -0.100. The number of carbonyl (C=O) groups is 2. The standard InChI is InChI=1S/C26H30N2O2/c1-28(2)21-9-7-20(8-10-21)24(29)22-5-3-4-6-23(22)25(30)27-26-14-17-11-18(15-26)13-19(12-17)16-26/h3-10,17-19H,11-16H2,1-2H3,(H,27,30). The van der Waals surface area contributed by atoms with Crippen LogP contribution in [0.1, 0.15) is 64.8 Å². The number of hydrogen-bond donors (Lipinski definition) is 1. The molecule has 2 aromatic rings. The Kier molecular flexibility index (Phi) is 4.68. The van der Waals surface area contributed by atoms with Gasteiger partial charge >= 0.3 is 0 Å². The van der Waals surface area contributed by atoms with Crippen molar-refractivity contribution in [1.29, 1.82) is 0 Å². The molecule has 4 aliphatic carbocycles. The molecule has 0 radical (unpaired) electrons. The molecule has 2 aromatic carbocycles. The van der Waals surface area contributed by atoms with Crippen molar-refractivity contribution in [3.63, 3.8) is 0 Å². The summed E-state index contributed by atoms with van der Waals surface area (Å²) in [6.45, 7) is 0. The van der Waals surface area contributed by atoms with Crippen molar-refractivity contribution in [2.75, 3.05) is 19.0 Å². The minimum absolute atomic E-state index is 0.0602. The molecule has 1 amide bonds. The van der Waals surface area contributed by atoms with Crippen LogP contribution in [0.25, 0.3) is 0 Å². The number of carbonyl (C=O) groups excluding carboxylic acids is 2. The Labute approximate surface area is 178 Å². The maximum Gasteiger partial charge on any atom is 0.252 e. The number of rotatable bonds is 5. The first kappa shape index (κ1) is 19.3. The summed E-state index contributed by atoms with van der Waals surface area (Å²) < 4.78 is 0. The molecule has 4 heteroatoms. The molecule has 6 rings (SSSR count). The van der Waals surface area contributed by atoms with Crippen LogP contribution in [0.4, 0.5) is 5.69 Å². The average molecular weight is 403 g/mol. The van der Waals surface area contributed by atoms with Crippen LogP contribution in [0.3, 0.4) is 0 Å². The topological polar surface area (TPSA) is 49.4 Å². The highest BCUT2D eigenvalue weighted by Crippen LogP contribution is 2.55. The Morgan fingerprint density at radius 3 is 1.90 bits per heavy atom. The van der Waals surface area contributed by atoms with E-state index in [2.05, 4.69) is 5.32 Å². The van der Waals surface area contributed by atoms with Gasteiger partial charge in [0.1, 0.15) is 0 Å². The van der Waals surface area contributed by atoms with Crippen molar-refractivity contribution in [3.8, 4) is 0 Å². The molecule has 4 aliphatic rings. The van der Waals surface area contributed by atoms with Crippen LogP contribution in [0.5, 0.6) is 0 Å². The van der Waals surface area contributed by atoms with Crippen LogP contribution in [0.15, 0.2) is 48.5 Å². The molecule has 4 fully saturated rings. The SMILES string of the molecule is CN(C)c1ccc(C(=O)c2ccccc2C(=O)NC23CC4CC(CC(C4)C2)C3)cc1. The van der Waals surface area contributed by atoms with E-state index in [-0.39, 0.29) is 17.2 Å². The molecular weight excluding hydrogens is 372 g/mol. The molecule has 4 bridgehead atoms. The third-order valence-corrected chi connectivity index (χ3v) is 7.48. The minimum Gasteiger partial charge on any atom is -0.378 e. The Morgan fingerprint density at radius 2 is 1.37 bits per heavy atom. The van der Waals surface area contributed by atoms with E-state index in [0.29, 0.717) is 16.7 Å². The maximum atomic E-state index is 13.4. The first-order chi connectivity index (χ1) is 14.4. The Balaban J connectivity index is 1.39. The molecule has 4 saturated carbocycles. The van der Waals surface area contributed by atoms with Crippen molar-refractivity contribution in [3.05, 3.63) is 65.2 Å². The molecule has 0 aromatic heterocycles. The van der Waals surface area contributed by atoms with E-state index >= 15 is 0 Å². The second kappa shape index (κ2) is 7.26. The number of anilines is 1. The van der Waals surface area contributed by atoms with Gasteiger partial charge in [0.05, 0.1) is 5.56 Å². The number of ketones is 1. The maximum absolute atomic E-state index is 13.4. The van der Waals surface area contributed by atoms with Gasteiger partial charge in [-0.3, -0.25) is 9.59 Å². The van der Waals surface area contributed by atoms with Gasteiger partial charge in [-0.2, -0.15) is 0 Å². The molecule has 0 spiro atoms. The normalized spacial score (nSPS) is 28.9. The quantitative estimate of drug-likeness (QED) is 0.739. The van der Waals surface area contributed by atoms with E-state index in [1.165, 1.54) is 19.3 Å². The van der Waals surface area contributed by atoms with Crippen molar-refractivity contribution in [2.45, 2.75) is 44.1 Å². The third kappa shape index (κ3) is 3.42. The number of benzene rings is 2. The molecule has 0 heterocycles. The molecule has 0 aliphatic heterocycles. The van der Waals surface area contributed by atoms with Gasteiger partial charge in [-0.05, 0) is 86.6 Å². The summed E-state index contributed by atoms with van der Waals surface area (Å²) in [7, 11) is 3.95. The number of hydrogen-bond acceptors (Lipinski definition) is 3. The van der Waals surface area contributed by atoms with Gasteiger partial charge in [0, 0.05) is 36.4 Å². The zero-order valence-electron chi connectivity index (χ0n) is 17.9. The van der Waals surface area contributed by atoms with Gasteiger partial charge < -0.3 is 10.2 Å². The molecule has 156 valence electrons.